The van der Waals surface area contributed by atoms with Crippen LogP contribution < -0.4 is 0 Å². The number of rotatable bonds is 53. The van der Waals surface area contributed by atoms with Crippen molar-refractivity contribution < 1.29 is 42.9 Å². The van der Waals surface area contributed by atoms with Crippen LogP contribution in [0.4, 0.5) is 0 Å². The minimum atomic E-state index is -1.53. The summed E-state index contributed by atoms with van der Waals surface area (Å²) in [6.07, 6.45) is 80.7. The fourth-order valence-corrected chi connectivity index (χ4v) is 7.48. The van der Waals surface area contributed by atoms with E-state index >= 15 is 0 Å². The normalized spacial score (nSPS) is 13.8. The van der Waals surface area contributed by atoms with E-state index in [4.69, 9.17) is 18.9 Å². The third-order valence-corrected chi connectivity index (χ3v) is 12.1. The Hall–Kier alpha value is -4.83. The predicted octanol–water partition coefficient (Wildman–Crippen LogP) is 18.0. The van der Waals surface area contributed by atoms with Gasteiger partial charge in [0.25, 0.3) is 6.29 Å². The van der Waals surface area contributed by atoms with Gasteiger partial charge in [-0.25, -0.2) is 4.79 Å². The van der Waals surface area contributed by atoms with Crippen molar-refractivity contribution in [2.75, 3.05) is 47.5 Å². The Morgan fingerprint density at radius 1 is 0.403 bits per heavy atom. The summed E-state index contributed by atoms with van der Waals surface area (Å²) < 4.78 is 22.8. The van der Waals surface area contributed by atoms with Crippen molar-refractivity contribution in [2.24, 2.45) is 0 Å². The lowest BCUT2D eigenvalue weighted by Crippen LogP contribution is -2.40. The van der Waals surface area contributed by atoms with Crippen LogP contribution in [-0.2, 0) is 33.3 Å². The highest BCUT2D eigenvalue weighted by Gasteiger charge is 2.25. The molecule has 0 saturated heterocycles. The zero-order chi connectivity index (χ0) is 56.2. The van der Waals surface area contributed by atoms with Gasteiger partial charge >= 0.3 is 17.9 Å². The number of ether oxygens (including phenoxy) is 4. The number of carboxylic acids is 1. The van der Waals surface area contributed by atoms with Gasteiger partial charge in [0.1, 0.15) is 13.2 Å². The van der Waals surface area contributed by atoms with Crippen molar-refractivity contribution in [2.45, 2.75) is 219 Å². The Labute approximate surface area is 471 Å². The average Bonchev–Trinajstić information content (AvgIpc) is 3.40. The molecule has 1 N–H and O–H groups in total. The fourth-order valence-electron chi connectivity index (χ4n) is 7.48. The zero-order valence-electron chi connectivity index (χ0n) is 49.3. The topological polar surface area (TPSA) is 108 Å². The van der Waals surface area contributed by atoms with E-state index in [-0.39, 0.29) is 38.6 Å². The summed E-state index contributed by atoms with van der Waals surface area (Å²) in [6.45, 7) is 4.67. The van der Waals surface area contributed by atoms with Gasteiger partial charge in [-0.05, 0) is 122 Å². The molecule has 0 rings (SSSR count). The third kappa shape index (κ3) is 58.7. The van der Waals surface area contributed by atoms with Crippen molar-refractivity contribution in [1.82, 2.24) is 0 Å². The SMILES string of the molecule is CC/C=C\C/C=C\C/C=C\C/C=C\C/C=C\C/C=C\C/C=C\C/C=C\C/C=C\CCCCCC(=O)OC(COC(=O)CCCCCCCC/C=C\C/C=C\C/C=C\CCCCCCC)COC(OCC[N+](C)(C)C)C(=O)O. The molecule has 0 bridgehead atoms. The van der Waals surface area contributed by atoms with E-state index in [0.29, 0.717) is 17.4 Å². The maximum Gasteiger partial charge on any atom is 0.361 e. The molecule has 434 valence electrons. The van der Waals surface area contributed by atoms with E-state index < -0.39 is 24.3 Å². The molecule has 0 aliphatic rings. The molecule has 0 radical (unpaired) electrons. The largest absolute Gasteiger partial charge is 0.477 e. The van der Waals surface area contributed by atoms with Gasteiger partial charge in [-0.1, -0.05) is 217 Å². The summed E-state index contributed by atoms with van der Waals surface area (Å²) in [7, 11) is 5.94. The molecule has 2 atom stereocenters. The standard InChI is InChI=1S/C68H109NO8/c1-6-8-10-12-14-16-18-20-22-24-26-28-29-30-31-32-33-34-35-36-37-39-41-43-45-47-49-51-53-55-57-59-66(71)77-64(63-76-68(67(72)73)74-61-60-69(3,4)5)62-75-65(70)58-56-54-52-50-48-46-44-42-40-38-27-25-23-21-19-17-15-13-11-9-7-2/h8,10,14,16,19-22,25-28,30-31,33-34,36-37,40-43,47,49,64,68H,6-7,9,11-13,15,17-18,23-24,29,32,35,38-39,44-46,48,50-63H2,1-5H3/p+1/b10-8-,16-14-,21-19-,22-20-,27-25-,28-26-,31-30-,34-33-,37-36-,42-40-,43-41-,49-47-. The van der Waals surface area contributed by atoms with Crippen LogP contribution >= 0.6 is 0 Å². The lowest BCUT2D eigenvalue weighted by atomic mass is 10.1. The van der Waals surface area contributed by atoms with E-state index in [1.54, 1.807) is 0 Å². The van der Waals surface area contributed by atoms with Crippen LogP contribution in [0.3, 0.4) is 0 Å². The Kier molecular flexibility index (Phi) is 53.8. The number of quaternary nitrogens is 1. The quantitative estimate of drug-likeness (QED) is 0.0211. The van der Waals surface area contributed by atoms with Gasteiger partial charge in [0.2, 0.25) is 0 Å². The van der Waals surface area contributed by atoms with Gasteiger partial charge in [-0.2, -0.15) is 0 Å². The molecule has 0 aromatic carbocycles. The maximum absolute atomic E-state index is 12.9. The molecule has 0 amide bonds. The van der Waals surface area contributed by atoms with Crippen molar-refractivity contribution in [3.63, 3.8) is 0 Å². The number of unbranched alkanes of at least 4 members (excludes halogenated alkanes) is 14. The molecule has 0 saturated carbocycles. The van der Waals surface area contributed by atoms with Crippen LogP contribution in [0.1, 0.15) is 206 Å². The van der Waals surface area contributed by atoms with Crippen LogP contribution in [-0.4, -0.2) is 87.4 Å². The first-order valence-electron chi connectivity index (χ1n) is 30.0. The zero-order valence-corrected chi connectivity index (χ0v) is 49.3. The van der Waals surface area contributed by atoms with E-state index in [0.717, 1.165) is 128 Å². The van der Waals surface area contributed by atoms with Crippen molar-refractivity contribution in [1.29, 1.82) is 0 Å². The van der Waals surface area contributed by atoms with Gasteiger partial charge in [-0.15, -0.1) is 0 Å². The molecule has 0 spiro atoms. The Morgan fingerprint density at radius 3 is 1.12 bits per heavy atom. The first-order chi connectivity index (χ1) is 37.6. The number of esters is 2. The average molecular weight is 1070 g/mol. The van der Waals surface area contributed by atoms with Crippen molar-refractivity contribution in [3.05, 3.63) is 146 Å². The number of nitrogens with zero attached hydrogens (tertiary/aromatic N) is 1. The van der Waals surface area contributed by atoms with Gasteiger partial charge in [0.05, 0.1) is 34.4 Å². The number of carboxylic acid groups (broad SMARTS) is 1. The number of aliphatic carboxylic acids is 1. The second-order valence-corrected chi connectivity index (χ2v) is 20.6. The van der Waals surface area contributed by atoms with Gasteiger partial charge in [0, 0.05) is 12.8 Å². The monoisotopic (exact) mass is 1070 g/mol. The summed E-state index contributed by atoms with van der Waals surface area (Å²) >= 11 is 0. The van der Waals surface area contributed by atoms with E-state index in [2.05, 4.69) is 160 Å². The van der Waals surface area contributed by atoms with Crippen LogP contribution in [0.5, 0.6) is 0 Å². The summed E-state index contributed by atoms with van der Waals surface area (Å²) in [5.74, 6) is -2.09. The minimum Gasteiger partial charge on any atom is -0.477 e. The summed E-state index contributed by atoms with van der Waals surface area (Å²) in [5, 5.41) is 9.71. The van der Waals surface area contributed by atoms with E-state index in [1.807, 2.05) is 21.1 Å². The number of hydrogen-bond acceptors (Lipinski definition) is 7. The molecule has 0 aliphatic heterocycles. The number of likely N-dealkylation sites (N-methyl/N-ethyl adjacent to an activating group) is 1. The molecule has 9 heteroatoms. The van der Waals surface area contributed by atoms with E-state index in [1.165, 1.54) is 44.9 Å². The van der Waals surface area contributed by atoms with Crippen molar-refractivity contribution >= 4 is 17.9 Å². The maximum atomic E-state index is 12.9. The molecule has 0 aliphatic carbocycles. The molecular formula is C68H110NO8+. The first kappa shape index (κ1) is 72.2. The lowest BCUT2D eigenvalue weighted by Gasteiger charge is -2.25. The number of allylic oxidation sites excluding steroid dienone is 24. The first-order valence-corrected chi connectivity index (χ1v) is 30.0. The fraction of sp³-hybridized carbons (Fsp3) is 0.603. The summed E-state index contributed by atoms with van der Waals surface area (Å²) in [5.41, 5.74) is 0. The van der Waals surface area contributed by atoms with Crippen molar-refractivity contribution in [3.8, 4) is 0 Å². The Morgan fingerprint density at radius 2 is 0.740 bits per heavy atom. The van der Waals surface area contributed by atoms with E-state index in [9.17, 15) is 19.5 Å². The second-order valence-electron chi connectivity index (χ2n) is 20.6. The highest BCUT2D eigenvalue weighted by atomic mass is 16.7. The molecular weight excluding hydrogens is 959 g/mol. The molecule has 0 aromatic rings. The molecule has 9 nitrogen and oxygen atoms in total. The molecule has 77 heavy (non-hydrogen) atoms. The molecule has 0 fully saturated rings. The Bertz CT molecular complexity index is 1770. The number of hydrogen-bond donors (Lipinski definition) is 1. The number of carbonyl (C=O) groups excluding carboxylic acids is 2. The second kappa shape index (κ2) is 57.3. The van der Waals surface area contributed by atoms with Crippen LogP contribution in [0.15, 0.2) is 146 Å². The highest BCUT2D eigenvalue weighted by molar-refractivity contribution is 5.71. The van der Waals surface area contributed by atoms with Crippen LogP contribution in [0.2, 0.25) is 0 Å². The summed E-state index contributed by atoms with van der Waals surface area (Å²) in [4.78, 5) is 37.4. The van der Waals surface area contributed by atoms with Crippen LogP contribution in [0, 0.1) is 0 Å². The smallest absolute Gasteiger partial charge is 0.361 e. The van der Waals surface area contributed by atoms with Gasteiger partial charge in [-0.3, -0.25) is 9.59 Å². The molecule has 2 unspecified atom stereocenters. The minimum absolute atomic E-state index is 0.170. The third-order valence-electron chi connectivity index (χ3n) is 12.1. The molecule has 0 aromatic heterocycles. The van der Waals surface area contributed by atoms with Gasteiger partial charge < -0.3 is 28.5 Å². The molecule has 0 heterocycles. The van der Waals surface area contributed by atoms with Crippen LogP contribution in [0.25, 0.3) is 0 Å². The predicted molar refractivity (Wildman–Crippen MR) is 327 cm³/mol. The highest BCUT2D eigenvalue weighted by Crippen LogP contribution is 2.13. The Balaban J connectivity index is 4.39. The van der Waals surface area contributed by atoms with Gasteiger partial charge in [0.15, 0.2) is 6.10 Å². The lowest BCUT2D eigenvalue weighted by molar-refractivity contribution is -0.870. The summed E-state index contributed by atoms with van der Waals surface area (Å²) in [6, 6.07) is 0. The number of carbonyl (C=O) groups is 3.